The van der Waals surface area contributed by atoms with E-state index in [1.54, 1.807) is 9.80 Å². The molecule has 172 valence electrons. The van der Waals surface area contributed by atoms with Crippen LogP contribution in [-0.4, -0.2) is 61.2 Å². The number of fused-ring (bicyclic) bond motifs is 1. The van der Waals surface area contributed by atoms with Gasteiger partial charge in [0, 0.05) is 56.9 Å². The van der Waals surface area contributed by atoms with Gasteiger partial charge in [-0.1, -0.05) is 0 Å². The first kappa shape index (κ1) is 21.3. The zero-order valence-corrected chi connectivity index (χ0v) is 18.3. The molecular formula is C21H23F3N4O3S. The van der Waals surface area contributed by atoms with E-state index < -0.39 is 17.6 Å². The van der Waals surface area contributed by atoms with E-state index in [2.05, 4.69) is 10.3 Å². The summed E-state index contributed by atoms with van der Waals surface area (Å²) in [6, 6.07) is 1.05. The SMILES string of the molecule is CNC(=O)c1csc2c(C(F)(F)F)cc(N3CCC(OC(=O)N4CC5(CC5)C4)CC3)nc12. The van der Waals surface area contributed by atoms with E-state index in [1.165, 1.54) is 25.3 Å². The molecule has 2 aromatic heterocycles. The van der Waals surface area contributed by atoms with Crippen LogP contribution in [0.4, 0.5) is 23.8 Å². The molecule has 2 amide bonds. The lowest BCUT2D eigenvalue weighted by atomic mass is 9.98. The Morgan fingerprint density at radius 3 is 2.53 bits per heavy atom. The largest absolute Gasteiger partial charge is 0.446 e. The van der Waals surface area contributed by atoms with Crippen LogP contribution in [0.5, 0.6) is 0 Å². The lowest BCUT2D eigenvalue weighted by molar-refractivity contribution is -0.136. The van der Waals surface area contributed by atoms with E-state index >= 15 is 0 Å². The van der Waals surface area contributed by atoms with Gasteiger partial charge in [-0.05, 0) is 18.9 Å². The van der Waals surface area contributed by atoms with E-state index in [0.29, 0.717) is 31.3 Å². The molecule has 0 unspecified atom stereocenters. The Balaban J connectivity index is 1.31. The second-order valence-corrected chi connectivity index (χ2v) is 9.74. The topological polar surface area (TPSA) is 74.8 Å². The van der Waals surface area contributed by atoms with Crippen molar-refractivity contribution in [1.29, 1.82) is 0 Å². The van der Waals surface area contributed by atoms with Crippen molar-refractivity contribution in [3.8, 4) is 0 Å². The molecule has 0 aromatic carbocycles. The number of hydrogen-bond acceptors (Lipinski definition) is 6. The summed E-state index contributed by atoms with van der Waals surface area (Å²) >= 11 is 0.864. The maximum atomic E-state index is 13.7. The second kappa shape index (κ2) is 7.50. The predicted molar refractivity (Wildman–Crippen MR) is 113 cm³/mol. The molecule has 7 nitrogen and oxygen atoms in total. The maximum absolute atomic E-state index is 13.7. The fourth-order valence-electron chi connectivity index (χ4n) is 4.47. The number of carbonyl (C=O) groups excluding carboxylic acids is 2. The van der Waals surface area contributed by atoms with Crippen molar-refractivity contribution in [2.75, 3.05) is 38.1 Å². The van der Waals surface area contributed by atoms with Crippen molar-refractivity contribution in [3.05, 3.63) is 22.6 Å². The molecule has 4 heterocycles. The van der Waals surface area contributed by atoms with Crippen LogP contribution in [0, 0.1) is 5.41 Å². The lowest BCUT2D eigenvalue weighted by Crippen LogP contribution is -2.52. The van der Waals surface area contributed by atoms with Gasteiger partial charge in [0.25, 0.3) is 5.91 Å². The fourth-order valence-corrected chi connectivity index (χ4v) is 5.49. The number of hydrogen-bond donors (Lipinski definition) is 1. The van der Waals surface area contributed by atoms with Crippen LogP contribution in [0.15, 0.2) is 11.4 Å². The van der Waals surface area contributed by atoms with E-state index in [-0.39, 0.29) is 33.8 Å². The van der Waals surface area contributed by atoms with E-state index in [0.717, 1.165) is 30.5 Å². The minimum Gasteiger partial charge on any atom is -0.446 e. The molecule has 1 aliphatic carbocycles. The first-order valence-electron chi connectivity index (χ1n) is 10.6. The third-order valence-corrected chi connectivity index (χ3v) is 7.59. The molecule has 32 heavy (non-hydrogen) atoms. The van der Waals surface area contributed by atoms with Gasteiger partial charge in [0.05, 0.1) is 21.3 Å². The summed E-state index contributed by atoms with van der Waals surface area (Å²) in [5, 5.41) is 3.85. The molecule has 0 bridgehead atoms. The number of thiophene rings is 1. The Labute approximate surface area is 186 Å². The Morgan fingerprint density at radius 2 is 1.94 bits per heavy atom. The number of carbonyl (C=O) groups is 2. The summed E-state index contributed by atoms with van der Waals surface area (Å²) in [5.74, 6) is -0.296. The van der Waals surface area contributed by atoms with Crippen LogP contribution in [-0.2, 0) is 10.9 Å². The average molecular weight is 469 g/mol. The summed E-state index contributed by atoms with van der Waals surface area (Å²) in [5.41, 5.74) is -0.248. The number of ether oxygens (including phenoxy) is 1. The van der Waals surface area contributed by atoms with Crippen LogP contribution in [0.3, 0.4) is 0 Å². The normalized spacial score (nSPS) is 20.4. The van der Waals surface area contributed by atoms with Crippen molar-refractivity contribution in [2.45, 2.75) is 38.0 Å². The van der Waals surface area contributed by atoms with Crippen LogP contribution in [0.25, 0.3) is 10.2 Å². The van der Waals surface area contributed by atoms with Gasteiger partial charge in [-0.3, -0.25) is 4.79 Å². The number of aromatic nitrogens is 1. The standard InChI is InChI=1S/C21H23F3N4O3S/c1-25-18(29)13-9-32-17-14(21(22,23)24)8-15(26-16(13)17)27-6-2-12(3-7-27)31-19(30)28-10-20(11-28)4-5-20/h8-9,12H,2-7,10-11H2,1H3,(H,25,29). The number of amides is 2. The monoisotopic (exact) mass is 468 g/mol. The highest BCUT2D eigenvalue weighted by Gasteiger charge is 2.54. The molecule has 11 heteroatoms. The van der Waals surface area contributed by atoms with Crippen molar-refractivity contribution < 1.29 is 27.5 Å². The predicted octanol–water partition coefficient (Wildman–Crippen LogP) is 3.88. The molecule has 2 saturated heterocycles. The maximum Gasteiger partial charge on any atom is 0.417 e. The molecule has 0 atom stereocenters. The van der Waals surface area contributed by atoms with Crippen molar-refractivity contribution in [2.24, 2.45) is 5.41 Å². The zero-order chi connectivity index (χ0) is 22.7. The number of nitrogens with zero attached hydrogens (tertiary/aromatic N) is 3. The average Bonchev–Trinajstić information content (AvgIpc) is 3.44. The number of alkyl halides is 3. The molecule has 1 saturated carbocycles. The Bertz CT molecular complexity index is 1070. The quantitative estimate of drug-likeness (QED) is 0.740. The summed E-state index contributed by atoms with van der Waals surface area (Å²) in [6.45, 7) is 2.36. The Hall–Kier alpha value is -2.56. The highest BCUT2D eigenvalue weighted by molar-refractivity contribution is 7.17. The van der Waals surface area contributed by atoms with Gasteiger partial charge in [-0.15, -0.1) is 11.3 Å². The van der Waals surface area contributed by atoms with E-state index in [1.807, 2.05) is 0 Å². The smallest absolute Gasteiger partial charge is 0.417 e. The molecule has 5 rings (SSSR count). The minimum atomic E-state index is -4.56. The second-order valence-electron chi connectivity index (χ2n) is 8.86. The first-order valence-corrected chi connectivity index (χ1v) is 11.5. The molecule has 2 aromatic rings. The molecular weight excluding hydrogens is 445 g/mol. The van der Waals surface area contributed by atoms with Crippen LogP contribution in [0.2, 0.25) is 0 Å². The van der Waals surface area contributed by atoms with E-state index in [9.17, 15) is 22.8 Å². The zero-order valence-electron chi connectivity index (χ0n) is 17.5. The Kier molecular flexibility index (Phi) is 4.99. The summed E-state index contributed by atoms with van der Waals surface area (Å²) in [4.78, 5) is 32.3. The summed E-state index contributed by atoms with van der Waals surface area (Å²) in [7, 11) is 1.43. The number of piperidine rings is 1. The number of rotatable bonds is 3. The van der Waals surface area contributed by atoms with Gasteiger partial charge in [0.2, 0.25) is 0 Å². The van der Waals surface area contributed by atoms with Crippen LogP contribution < -0.4 is 10.2 Å². The molecule has 1 spiro atoms. The Morgan fingerprint density at radius 1 is 1.25 bits per heavy atom. The van der Waals surface area contributed by atoms with Crippen molar-refractivity contribution in [1.82, 2.24) is 15.2 Å². The third kappa shape index (κ3) is 3.76. The van der Waals surface area contributed by atoms with E-state index in [4.69, 9.17) is 4.74 Å². The molecule has 3 fully saturated rings. The number of halogens is 3. The highest BCUT2D eigenvalue weighted by Crippen LogP contribution is 2.53. The first-order chi connectivity index (χ1) is 15.2. The number of likely N-dealkylation sites (tertiary alicyclic amines) is 1. The van der Waals surface area contributed by atoms with Gasteiger partial charge in [0.1, 0.15) is 11.9 Å². The minimum absolute atomic E-state index is 0.0494. The number of nitrogens with one attached hydrogen (secondary N) is 1. The van der Waals surface area contributed by atoms with Crippen LogP contribution in [0.1, 0.15) is 41.6 Å². The highest BCUT2D eigenvalue weighted by atomic mass is 32.1. The fraction of sp³-hybridized carbons (Fsp3) is 0.571. The summed E-state index contributed by atoms with van der Waals surface area (Å²) in [6.07, 6.45) is -1.74. The van der Waals surface area contributed by atoms with Gasteiger partial charge < -0.3 is 19.9 Å². The van der Waals surface area contributed by atoms with Gasteiger partial charge in [-0.25, -0.2) is 9.78 Å². The van der Waals surface area contributed by atoms with Crippen molar-refractivity contribution >= 4 is 39.4 Å². The van der Waals surface area contributed by atoms with Crippen molar-refractivity contribution in [3.63, 3.8) is 0 Å². The number of anilines is 1. The number of pyridine rings is 1. The van der Waals surface area contributed by atoms with Crippen LogP contribution >= 0.6 is 11.3 Å². The lowest BCUT2D eigenvalue weighted by Gasteiger charge is -2.40. The molecule has 1 N–H and O–H groups in total. The summed E-state index contributed by atoms with van der Waals surface area (Å²) < 4.78 is 46.8. The van der Waals surface area contributed by atoms with Gasteiger partial charge in [0.15, 0.2) is 0 Å². The molecule has 0 radical (unpaired) electrons. The van der Waals surface area contributed by atoms with Gasteiger partial charge in [-0.2, -0.15) is 13.2 Å². The van der Waals surface area contributed by atoms with Gasteiger partial charge >= 0.3 is 12.3 Å². The molecule has 2 aliphatic heterocycles. The third-order valence-electron chi connectivity index (χ3n) is 6.59. The molecule has 3 aliphatic rings.